The standard InChI is InChI=1S/C18H36N9P3/c1-3-7-22(8-4-1)28(24-11-12-24)19-29(25-13-14-25,23-9-5-2-6-10-23)21-30(20-28,26-15-16-26)27-17-18-27/h1-18H2/t28-,29-/m1/s1. The number of hydrogen-bond donors (Lipinski definition) is 0. The molecule has 0 saturated carbocycles. The van der Waals surface area contributed by atoms with Gasteiger partial charge < -0.3 is 0 Å². The van der Waals surface area contributed by atoms with E-state index in [2.05, 4.69) is 28.0 Å². The van der Waals surface area contributed by atoms with Gasteiger partial charge in [0.1, 0.15) is 0 Å². The second-order valence-electron chi connectivity index (χ2n) is 9.72. The molecule has 0 amide bonds. The van der Waals surface area contributed by atoms with E-state index in [-0.39, 0.29) is 0 Å². The van der Waals surface area contributed by atoms with Gasteiger partial charge in [-0.1, -0.05) is 12.8 Å². The van der Waals surface area contributed by atoms with E-state index in [0.29, 0.717) is 0 Å². The zero-order chi connectivity index (χ0) is 19.8. The van der Waals surface area contributed by atoms with Gasteiger partial charge in [-0.05, 0) is 25.7 Å². The molecule has 0 radical (unpaired) electrons. The topological polar surface area (TPSA) is 55.6 Å². The van der Waals surface area contributed by atoms with Crippen LogP contribution in [0.15, 0.2) is 13.5 Å². The van der Waals surface area contributed by atoms with Gasteiger partial charge in [0.15, 0.2) is 0 Å². The number of piperidine rings is 2. The Morgan fingerprint density at radius 2 is 0.533 bits per heavy atom. The van der Waals surface area contributed by atoms with Gasteiger partial charge in [0, 0.05) is 78.5 Å². The summed E-state index contributed by atoms with van der Waals surface area (Å²) in [5.74, 6) is 0. The minimum atomic E-state index is -2.02. The third kappa shape index (κ3) is 3.15. The summed E-state index contributed by atoms with van der Waals surface area (Å²) in [4.78, 5) is 0. The first-order chi connectivity index (χ1) is 14.8. The molecule has 7 aliphatic heterocycles. The molecule has 0 N–H and O–H groups in total. The summed E-state index contributed by atoms with van der Waals surface area (Å²) < 4.78 is 34.1. The van der Waals surface area contributed by atoms with Crippen molar-refractivity contribution in [3.05, 3.63) is 0 Å². The Morgan fingerprint density at radius 1 is 0.300 bits per heavy atom. The number of hydrogen-bond acceptors (Lipinski definition) is 9. The van der Waals surface area contributed by atoms with E-state index in [1.54, 1.807) is 0 Å². The molecule has 0 aromatic rings. The van der Waals surface area contributed by atoms with Gasteiger partial charge in [0.25, 0.3) is 0 Å². The van der Waals surface area contributed by atoms with Gasteiger partial charge in [-0.3, -0.25) is 0 Å². The Hall–Kier alpha value is 0.450. The van der Waals surface area contributed by atoms with E-state index >= 15 is 0 Å². The third-order valence-corrected chi connectivity index (χ3v) is 20.1. The zero-order valence-electron chi connectivity index (χ0n) is 18.1. The summed E-state index contributed by atoms with van der Waals surface area (Å²) in [6.45, 7) is 14.3. The molecule has 0 bridgehead atoms. The van der Waals surface area contributed by atoms with Crippen molar-refractivity contribution in [2.24, 2.45) is 13.5 Å². The Bertz CT molecular complexity index is 826. The van der Waals surface area contributed by atoms with Crippen LogP contribution in [0.5, 0.6) is 0 Å². The smallest absolute Gasteiger partial charge is 0.221 e. The highest BCUT2D eigenvalue weighted by atomic mass is 31.3. The summed E-state index contributed by atoms with van der Waals surface area (Å²) in [7, 11) is -6.01. The molecule has 0 spiro atoms. The Kier molecular flexibility index (Phi) is 4.79. The van der Waals surface area contributed by atoms with Crippen LogP contribution < -0.4 is 0 Å². The molecule has 7 aliphatic rings. The van der Waals surface area contributed by atoms with Crippen LogP contribution in [0.1, 0.15) is 38.5 Å². The van der Waals surface area contributed by atoms with Gasteiger partial charge in [0.2, 0.25) is 22.5 Å². The maximum absolute atomic E-state index is 6.00. The summed E-state index contributed by atoms with van der Waals surface area (Å²) in [6, 6.07) is 0. The van der Waals surface area contributed by atoms with Crippen molar-refractivity contribution >= 4 is 22.5 Å². The summed E-state index contributed by atoms with van der Waals surface area (Å²) in [6.07, 6.45) is 8.01. The zero-order valence-corrected chi connectivity index (χ0v) is 20.8. The molecule has 0 aromatic carbocycles. The summed E-state index contributed by atoms with van der Waals surface area (Å²) in [5, 5.41) is 0. The first kappa shape index (κ1) is 19.9. The highest BCUT2D eigenvalue weighted by molar-refractivity contribution is 7.83. The minimum Gasteiger partial charge on any atom is -0.240 e. The maximum Gasteiger partial charge on any atom is 0.221 e. The molecule has 30 heavy (non-hydrogen) atoms. The molecule has 168 valence electrons. The van der Waals surface area contributed by atoms with E-state index in [0.717, 1.165) is 0 Å². The molecule has 9 nitrogen and oxygen atoms in total. The van der Waals surface area contributed by atoms with Crippen molar-refractivity contribution < 1.29 is 0 Å². The highest BCUT2D eigenvalue weighted by Gasteiger charge is 2.57. The van der Waals surface area contributed by atoms with Crippen molar-refractivity contribution in [1.82, 2.24) is 28.0 Å². The number of nitrogens with zero attached hydrogens (tertiary/aromatic N) is 9. The fourth-order valence-electron chi connectivity index (χ4n) is 5.30. The SMILES string of the molecule is C1CCN([P@]2(N3CC3)=NP(N3CC3)(N3CC3)=N[P@](N3CCCCC3)(N3CC3)=N2)CC1. The van der Waals surface area contributed by atoms with Gasteiger partial charge in [0.05, 0.1) is 0 Å². The van der Waals surface area contributed by atoms with Gasteiger partial charge in [-0.25, -0.2) is 28.0 Å². The van der Waals surface area contributed by atoms with Gasteiger partial charge >= 0.3 is 0 Å². The van der Waals surface area contributed by atoms with Crippen molar-refractivity contribution in [3.8, 4) is 0 Å². The molecule has 0 unspecified atom stereocenters. The lowest BCUT2D eigenvalue weighted by atomic mass is 10.2. The van der Waals surface area contributed by atoms with Crippen LogP contribution in [0.3, 0.4) is 0 Å². The first-order valence-corrected chi connectivity index (χ1v) is 17.0. The third-order valence-electron chi connectivity index (χ3n) is 7.36. The van der Waals surface area contributed by atoms with Gasteiger partial charge in [-0.15, -0.1) is 0 Å². The van der Waals surface area contributed by atoms with Crippen LogP contribution in [-0.2, 0) is 0 Å². The molecular formula is C18H36N9P3. The fraction of sp³-hybridized carbons (Fsp3) is 1.00. The maximum atomic E-state index is 6.00. The van der Waals surface area contributed by atoms with E-state index in [4.69, 9.17) is 13.5 Å². The monoisotopic (exact) mass is 471 g/mol. The van der Waals surface area contributed by atoms with Crippen molar-refractivity contribution in [2.75, 3.05) is 78.5 Å². The van der Waals surface area contributed by atoms with Crippen molar-refractivity contribution in [2.45, 2.75) is 38.5 Å². The largest absolute Gasteiger partial charge is 0.240 e. The van der Waals surface area contributed by atoms with Gasteiger partial charge in [-0.2, -0.15) is 13.5 Å². The van der Waals surface area contributed by atoms with E-state index in [1.165, 1.54) is 117 Å². The van der Waals surface area contributed by atoms with Crippen LogP contribution in [0.25, 0.3) is 0 Å². The molecule has 12 heteroatoms. The molecule has 6 fully saturated rings. The Morgan fingerprint density at radius 3 is 0.767 bits per heavy atom. The summed E-state index contributed by atoms with van der Waals surface area (Å²) in [5.41, 5.74) is 0. The molecule has 7 rings (SSSR count). The minimum absolute atomic E-state index is 1.19. The number of rotatable bonds is 6. The highest BCUT2D eigenvalue weighted by Crippen LogP contribution is 2.86. The molecule has 6 saturated heterocycles. The predicted molar refractivity (Wildman–Crippen MR) is 125 cm³/mol. The lowest BCUT2D eigenvalue weighted by molar-refractivity contribution is 0.350. The first-order valence-electron chi connectivity index (χ1n) is 12.2. The Balaban J connectivity index is 1.48. The van der Waals surface area contributed by atoms with Crippen LogP contribution in [0, 0.1) is 0 Å². The van der Waals surface area contributed by atoms with Crippen LogP contribution in [0.2, 0.25) is 0 Å². The van der Waals surface area contributed by atoms with Crippen molar-refractivity contribution in [1.29, 1.82) is 0 Å². The second-order valence-corrected chi connectivity index (χ2v) is 18.5. The molecule has 0 aromatic heterocycles. The molecule has 2 atom stereocenters. The Labute approximate surface area is 181 Å². The van der Waals surface area contributed by atoms with E-state index in [9.17, 15) is 0 Å². The average Bonchev–Trinajstić information content (AvgIpc) is 3.62. The second kappa shape index (κ2) is 7.22. The van der Waals surface area contributed by atoms with Crippen LogP contribution >= 0.6 is 22.5 Å². The van der Waals surface area contributed by atoms with Crippen molar-refractivity contribution in [3.63, 3.8) is 0 Å². The van der Waals surface area contributed by atoms with E-state index < -0.39 is 22.5 Å². The summed E-state index contributed by atoms with van der Waals surface area (Å²) >= 11 is 0. The van der Waals surface area contributed by atoms with Crippen LogP contribution in [-0.4, -0.2) is 107 Å². The molecule has 0 aliphatic carbocycles. The lowest BCUT2D eigenvalue weighted by Gasteiger charge is -2.46. The van der Waals surface area contributed by atoms with E-state index in [1.807, 2.05) is 0 Å². The lowest BCUT2D eigenvalue weighted by Crippen LogP contribution is -2.33. The fourth-order valence-corrected chi connectivity index (χ4v) is 21.2. The molecular weight excluding hydrogens is 435 g/mol. The molecule has 7 heterocycles. The normalized spacial score (nSPS) is 42.8. The quantitative estimate of drug-likeness (QED) is 0.430. The average molecular weight is 471 g/mol. The predicted octanol–water partition coefficient (Wildman–Crippen LogP) is 4.07. The van der Waals surface area contributed by atoms with Crippen LogP contribution in [0.4, 0.5) is 0 Å².